The van der Waals surface area contributed by atoms with Gasteiger partial charge in [-0.1, -0.05) is 60.0 Å². The fourth-order valence-corrected chi connectivity index (χ4v) is 4.76. The smallest absolute Gasteiger partial charge is 0.177 e. The van der Waals surface area contributed by atoms with Crippen LogP contribution in [0.25, 0.3) is 0 Å². The van der Waals surface area contributed by atoms with Crippen molar-refractivity contribution in [2.75, 3.05) is 11.5 Å². The molecule has 0 fully saturated rings. The van der Waals surface area contributed by atoms with Crippen molar-refractivity contribution in [1.82, 2.24) is 20.4 Å². The highest BCUT2D eigenvalue weighted by molar-refractivity contribution is 8.01. The summed E-state index contributed by atoms with van der Waals surface area (Å²) in [6, 6.07) is 0. The van der Waals surface area contributed by atoms with Gasteiger partial charge in [0.15, 0.2) is 16.6 Å². The quantitative estimate of drug-likeness (QED) is 0.615. The molecule has 0 atom stereocenters. The summed E-state index contributed by atoms with van der Waals surface area (Å²) >= 11 is 16.1. The second-order valence-electron chi connectivity index (χ2n) is 2.62. The van der Waals surface area contributed by atoms with Crippen LogP contribution in [-0.2, 0) is 0 Å². The molecule has 0 saturated heterocycles. The molecule has 2 aromatic rings. The number of hydrogen-bond donors (Lipinski definition) is 2. The molecule has 18 heavy (non-hydrogen) atoms. The van der Waals surface area contributed by atoms with Crippen molar-refractivity contribution in [3.63, 3.8) is 0 Å². The minimum Gasteiger partial charge on any atom is -0.257 e. The van der Waals surface area contributed by atoms with E-state index >= 15 is 0 Å². The van der Waals surface area contributed by atoms with E-state index < -0.39 is 0 Å². The molecule has 10 heteroatoms. The molecule has 0 bridgehead atoms. The Labute approximate surface area is 132 Å². The van der Waals surface area contributed by atoms with Gasteiger partial charge >= 0.3 is 0 Å². The fraction of sp³-hybridized carbons (Fsp3) is 0.500. The Morgan fingerprint density at radius 2 is 1.33 bits per heavy atom. The average Bonchev–Trinajstić information content (AvgIpc) is 2.90. The van der Waals surface area contributed by atoms with Gasteiger partial charge in [-0.25, -0.2) is 0 Å². The number of nitrogens with one attached hydrogen (secondary N) is 2. The lowest BCUT2D eigenvalue weighted by Gasteiger charge is -1.82. The van der Waals surface area contributed by atoms with E-state index in [2.05, 4.69) is 34.2 Å². The standard InChI is InChI=1S/2C4H6N2S3/c2*1-2-8-4-6-5-3(7)9-4/h2*2H2,1H3,(H,5,7). The molecule has 0 aliphatic rings. The lowest BCUT2D eigenvalue weighted by atomic mass is 11.0. The van der Waals surface area contributed by atoms with Gasteiger partial charge in [-0.3, -0.25) is 10.2 Å². The molecule has 2 N–H and O–H groups in total. The van der Waals surface area contributed by atoms with Gasteiger partial charge in [0.05, 0.1) is 0 Å². The van der Waals surface area contributed by atoms with Crippen LogP contribution in [-0.4, -0.2) is 31.9 Å². The van der Waals surface area contributed by atoms with E-state index in [-0.39, 0.29) is 0 Å². The second kappa shape index (κ2) is 9.21. The lowest BCUT2D eigenvalue weighted by molar-refractivity contribution is 1.00. The first-order chi connectivity index (χ1) is 8.65. The maximum absolute atomic E-state index is 4.83. The first-order valence-electron chi connectivity index (χ1n) is 5.02. The highest BCUT2D eigenvalue weighted by Crippen LogP contribution is 2.19. The molecule has 0 amide bonds. The van der Waals surface area contributed by atoms with Gasteiger partial charge in [-0.15, -0.1) is 0 Å². The van der Waals surface area contributed by atoms with Crippen molar-refractivity contribution in [1.29, 1.82) is 0 Å². The largest absolute Gasteiger partial charge is 0.257 e. The summed E-state index contributed by atoms with van der Waals surface area (Å²) in [6.07, 6.45) is 0. The first-order valence-corrected chi connectivity index (χ1v) is 9.44. The molecular formula is C8H12N4S6. The molecule has 0 unspecified atom stereocenters. The molecule has 100 valence electrons. The van der Waals surface area contributed by atoms with Gasteiger partial charge < -0.3 is 0 Å². The summed E-state index contributed by atoms with van der Waals surface area (Å²) in [5, 5.41) is 13.3. The molecule has 0 radical (unpaired) electrons. The van der Waals surface area contributed by atoms with E-state index in [1.54, 1.807) is 23.5 Å². The van der Waals surface area contributed by atoms with Crippen LogP contribution < -0.4 is 0 Å². The fourth-order valence-electron chi connectivity index (χ4n) is 0.803. The van der Waals surface area contributed by atoms with E-state index in [4.69, 9.17) is 24.4 Å². The van der Waals surface area contributed by atoms with E-state index in [1.807, 2.05) is 0 Å². The van der Waals surface area contributed by atoms with Crippen LogP contribution in [0.1, 0.15) is 13.8 Å². The third-order valence-corrected chi connectivity index (χ3v) is 5.60. The van der Waals surface area contributed by atoms with Gasteiger partial charge in [0.1, 0.15) is 0 Å². The second-order valence-corrected chi connectivity index (χ2v) is 8.98. The third-order valence-electron chi connectivity index (χ3n) is 1.37. The summed E-state index contributed by atoms with van der Waals surface area (Å²) in [5.41, 5.74) is 0. The van der Waals surface area contributed by atoms with E-state index in [9.17, 15) is 0 Å². The van der Waals surface area contributed by atoms with Crippen LogP contribution in [0.4, 0.5) is 0 Å². The predicted molar refractivity (Wildman–Crippen MR) is 87.4 cm³/mol. The Morgan fingerprint density at radius 1 is 0.944 bits per heavy atom. The summed E-state index contributed by atoms with van der Waals surface area (Å²) in [5.74, 6) is 2.10. The Bertz CT molecular complexity index is 502. The normalized spacial score (nSPS) is 9.89. The minimum absolute atomic E-state index is 0.756. The number of H-pyrrole nitrogens is 2. The molecule has 0 aliphatic carbocycles. The van der Waals surface area contributed by atoms with Crippen molar-refractivity contribution < 1.29 is 0 Å². The molecule has 0 aromatic carbocycles. The summed E-state index contributed by atoms with van der Waals surface area (Å²) in [6.45, 7) is 4.18. The summed E-state index contributed by atoms with van der Waals surface area (Å²) in [4.78, 5) is 0. The van der Waals surface area contributed by atoms with E-state index in [1.165, 1.54) is 22.7 Å². The van der Waals surface area contributed by atoms with Gasteiger partial charge in [0, 0.05) is 0 Å². The van der Waals surface area contributed by atoms with Crippen LogP contribution in [0.5, 0.6) is 0 Å². The zero-order valence-electron chi connectivity index (χ0n) is 9.76. The molecule has 2 aromatic heterocycles. The number of rotatable bonds is 4. The Balaban J connectivity index is 0.000000180. The Kier molecular flexibility index (Phi) is 8.35. The molecule has 2 heterocycles. The highest BCUT2D eigenvalue weighted by atomic mass is 32.2. The maximum atomic E-state index is 4.83. The number of aromatic nitrogens is 4. The number of hydrogen-bond acceptors (Lipinski definition) is 8. The first kappa shape index (κ1) is 16.3. The van der Waals surface area contributed by atoms with E-state index in [0.717, 1.165) is 28.1 Å². The van der Waals surface area contributed by atoms with Crippen molar-refractivity contribution in [3.05, 3.63) is 7.91 Å². The molecule has 0 aliphatic heterocycles. The maximum Gasteiger partial charge on any atom is 0.177 e. The Hall–Kier alpha value is 0.260. The zero-order chi connectivity index (χ0) is 13.4. The van der Waals surface area contributed by atoms with Gasteiger partial charge in [0.25, 0.3) is 0 Å². The molecular weight excluding hydrogens is 345 g/mol. The van der Waals surface area contributed by atoms with Crippen LogP contribution >= 0.6 is 70.6 Å². The predicted octanol–water partition coefficient (Wildman–Crippen LogP) is 4.63. The van der Waals surface area contributed by atoms with Crippen LogP contribution in [0.2, 0.25) is 0 Å². The van der Waals surface area contributed by atoms with Crippen LogP contribution in [0.15, 0.2) is 8.68 Å². The van der Waals surface area contributed by atoms with Gasteiger partial charge in [-0.05, 0) is 35.9 Å². The van der Waals surface area contributed by atoms with Crippen molar-refractivity contribution in [2.45, 2.75) is 22.5 Å². The van der Waals surface area contributed by atoms with Crippen molar-refractivity contribution >= 4 is 70.6 Å². The molecule has 0 saturated carbocycles. The number of aromatic amines is 2. The Morgan fingerprint density at radius 3 is 1.56 bits per heavy atom. The minimum atomic E-state index is 0.756. The third kappa shape index (κ3) is 6.43. The molecule has 4 nitrogen and oxygen atoms in total. The van der Waals surface area contributed by atoms with Crippen molar-refractivity contribution in [3.8, 4) is 0 Å². The highest BCUT2D eigenvalue weighted by Gasteiger charge is 1.94. The van der Waals surface area contributed by atoms with E-state index in [0.29, 0.717) is 0 Å². The van der Waals surface area contributed by atoms with Crippen molar-refractivity contribution in [2.24, 2.45) is 0 Å². The molecule has 0 spiro atoms. The molecule has 2 rings (SSSR count). The average molecular weight is 357 g/mol. The monoisotopic (exact) mass is 356 g/mol. The number of thioether (sulfide) groups is 2. The topological polar surface area (TPSA) is 57.4 Å². The lowest BCUT2D eigenvalue weighted by Crippen LogP contribution is -1.69. The SMILES string of the molecule is CCSc1n[nH]c(=S)s1.CCSc1n[nH]c(=S)s1. The van der Waals surface area contributed by atoms with Gasteiger partial charge in [-0.2, -0.15) is 10.2 Å². The van der Waals surface area contributed by atoms with Crippen LogP contribution in [0, 0.1) is 7.91 Å². The summed E-state index contributed by atoms with van der Waals surface area (Å²) in [7, 11) is 0. The summed E-state index contributed by atoms with van der Waals surface area (Å²) < 4.78 is 3.57. The van der Waals surface area contributed by atoms with Crippen LogP contribution in [0.3, 0.4) is 0 Å². The number of nitrogens with zero attached hydrogens (tertiary/aromatic N) is 2. The zero-order valence-corrected chi connectivity index (χ0v) is 14.7. The van der Waals surface area contributed by atoms with Gasteiger partial charge in [0.2, 0.25) is 0 Å².